The fourth-order valence-electron chi connectivity index (χ4n) is 2.97. The molecule has 0 saturated carbocycles. The van der Waals surface area contributed by atoms with Crippen molar-refractivity contribution in [1.82, 2.24) is 0 Å². The maximum Gasteiger partial charge on any atom is 0.313 e. The highest BCUT2D eigenvalue weighted by atomic mass is 16.5. The van der Waals surface area contributed by atoms with Gasteiger partial charge in [0.1, 0.15) is 5.75 Å². The Bertz CT molecular complexity index is 642. The molecule has 0 aromatic heterocycles. The molecule has 0 aliphatic rings. The van der Waals surface area contributed by atoms with E-state index in [0.29, 0.717) is 5.56 Å². The van der Waals surface area contributed by atoms with Crippen LogP contribution in [0.1, 0.15) is 84.4 Å². The maximum absolute atomic E-state index is 12.6. The van der Waals surface area contributed by atoms with E-state index in [9.17, 15) is 14.7 Å². The fraction of sp³-hybridized carbons (Fsp3) is 0.636. The molecule has 152 valence electrons. The van der Waals surface area contributed by atoms with Crippen molar-refractivity contribution < 1.29 is 24.2 Å². The molecule has 0 aliphatic carbocycles. The Balaban J connectivity index is 3.60. The van der Waals surface area contributed by atoms with E-state index in [2.05, 4.69) is 0 Å². The van der Waals surface area contributed by atoms with Gasteiger partial charge in [0, 0.05) is 0 Å². The van der Waals surface area contributed by atoms with E-state index in [1.807, 2.05) is 53.7 Å². The molecule has 1 N–H and O–H groups in total. The Labute approximate surface area is 163 Å². The summed E-state index contributed by atoms with van der Waals surface area (Å²) in [6, 6.07) is 3.62. The number of phenolic OH excluding ortho intramolecular Hbond substituents is 1. The quantitative estimate of drug-likeness (QED) is 0.733. The molecule has 5 nitrogen and oxygen atoms in total. The summed E-state index contributed by atoms with van der Waals surface area (Å²) in [5.74, 6) is -1.45. The van der Waals surface area contributed by atoms with E-state index in [1.165, 1.54) is 0 Å². The van der Waals surface area contributed by atoms with Gasteiger partial charge in [0.25, 0.3) is 0 Å². The monoisotopic (exact) mass is 378 g/mol. The van der Waals surface area contributed by atoms with Gasteiger partial charge in [0.15, 0.2) is 0 Å². The summed E-state index contributed by atoms with van der Waals surface area (Å²) < 4.78 is 10.3. The molecule has 1 unspecified atom stereocenters. The minimum atomic E-state index is -0.771. The summed E-state index contributed by atoms with van der Waals surface area (Å²) in [5.41, 5.74) is 1.48. The van der Waals surface area contributed by atoms with E-state index in [4.69, 9.17) is 9.47 Å². The van der Waals surface area contributed by atoms with Gasteiger partial charge >= 0.3 is 11.9 Å². The number of ether oxygens (including phenoxy) is 2. The second-order valence-corrected chi connectivity index (χ2v) is 8.78. The molecule has 1 aromatic carbocycles. The highest BCUT2D eigenvalue weighted by Crippen LogP contribution is 2.41. The third-order valence-corrected chi connectivity index (χ3v) is 4.40. The lowest BCUT2D eigenvalue weighted by Crippen LogP contribution is -2.23. The summed E-state index contributed by atoms with van der Waals surface area (Å²) in [6.45, 7) is 16.0. The predicted molar refractivity (Wildman–Crippen MR) is 106 cm³/mol. The van der Waals surface area contributed by atoms with Crippen molar-refractivity contribution in [1.29, 1.82) is 0 Å². The first-order chi connectivity index (χ1) is 12.3. The van der Waals surface area contributed by atoms with Gasteiger partial charge in [-0.15, -0.1) is 0 Å². The molecule has 1 aromatic rings. The van der Waals surface area contributed by atoms with Gasteiger partial charge in [0.05, 0.1) is 25.6 Å². The van der Waals surface area contributed by atoms with E-state index in [0.717, 1.165) is 11.1 Å². The smallest absolute Gasteiger partial charge is 0.313 e. The SMILES string of the molecule is CCOC(=O)CC(C(=O)OCC)c1cc(C(C)(C)C)c(O)c(C(C)(C)C)c1. The van der Waals surface area contributed by atoms with Crippen molar-refractivity contribution >= 4 is 11.9 Å². The largest absolute Gasteiger partial charge is 0.507 e. The molecule has 5 heteroatoms. The summed E-state index contributed by atoms with van der Waals surface area (Å²) >= 11 is 0. The molecule has 0 heterocycles. The zero-order chi connectivity index (χ0) is 21.0. The average Bonchev–Trinajstić information content (AvgIpc) is 2.51. The molecule has 1 rings (SSSR count). The Kier molecular flexibility index (Phi) is 7.47. The summed E-state index contributed by atoms with van der Waals surface area (Å²) in [5, 5.41) is 10.9. The normalized spacial score (nSPS) is 13.2. The zero-order valence-electron chi connectivity index (χ0n) is 17.9. The molecular weight excluding hydrogens is 344 g/mol. The second kappa shape index (κ2) is 8.77. The number of esters is 2. The topological polar surface area (TPSA) is 72.8 Å². The van der Waals surface area contributed by atoms with Crippen LogP contribution in [0.5, 0.6) is 5.75 Å². The molecule has 0 bridgehead atoms. The van der Waals surface area contributed by atoms with Crippen LogP contribution < -0.4 is 0 Å². The van der Waals surface area contributed by atoms with Crippen LogP contribution in [-0.4, -0.2) is 30.3 Å². The van der Waals surface area contributed by atoms with E-state index >= 15 is 0 Å². The van der Waals surface area contributed by atoms with Crippen LogP contribution in [0.4, 0.5) is 0 Å². The molecule has 0 amide bonds. The van der Waals surface area contributed by atoms with Gasteiger partial charge in [-0.2, -0.15) is 0 Å². The summed E-state index contributed by atoms with van der Waals surface area (Å²) in [6.07, 6.45) is -0.0926. The Morgan fingerprint density at radius 3 is 1.74 bits per heavy atom. The Hall–Kier alpha value is -2.04. The van der Waals surface area contributed by atoms with E-state index < -0.39 is 17.9 Å². The summed E-state index contributed by atoms with van der Waals surface area (Å²) in [7, 11) is 0. The summed E-state index contributed by atoms with van der Waals surface area (Å²) in [4.78, 5) is 24.7. The van der Waals surface area contributed by atoms with Crippen molar-refractivity contribution in [2.24, 2.45) is 0 Å². The number of phenols is 1. The minimum absolute atomic E-state index is 0.0926. The minimum Gasteiger partial charge on any atom is -0.507 e. The average molecular weight is 379 g/mol. The highest BCUT2D eigenvalue weighted by Gasteiger charge is 2.32. The van der Waals surface area contributed by atoms with Gasteiger partial charge in [-0.05, 0) is 41.4 Å². The Morgan fingerprint density at radius 2 is 1.37 bits per heavy atom. The number of benzene rings is 1. The van der Waals surface area contributed by atoms with Crippen LogP contribution >= 0.6 is 0 Å². The van der Waals surface area contributed by atoms with Gasteiger partial charge in [-0.3, -0.25) is 9.59 Å². The molecule has 0 fully saturated rings. The lowest BCUT2D eigenvalue weighted by molar-refractivity contribution is -0.151. The van der Waals surface area contributed by atoms with Crippen LogP contribution in [0.2, 0.25) is 0 Å². The van der Waals surface area contributed by atoms with Crippen molar-refractivity contribution in [2.75, 3.05) is 13.2 Å². The Morgan fingerprint density at radius 1 is 0.926 bits per heavy atom. The number of hydrogen-bond donors (Lipinski definition) is 1. The molecule has 0 saturated heterocycles. The van der Waals surface area contributed by atoms with E-state index in [1.54, 1.807) is 13.8 Å². The van der Waals surface area contributed by atoms with Crippen LogP contribution in [0, 0.1) is 0 Å². The van der Waals surface area contributed by atoms with Crippen LogP contribution in [-0.2, 0) is 29.9 Å². The molecule has 0 spiro atoms. The first-order valence-electron chi connectivity index (χ1n) is 9.53. The van der Waals surface area contributed by atoms with Gasteiger partial charge in [-0.1, -0.05) is 53.7 Å². The number of hydrogen-bond acceptors (Lipinski definition) is 5. The molecule has 1 atom stereocenters. The van der Waals surface area contributed by atoms with Gasteiger partial charge in [0.2, 0.25) is 0 Å². The first-order valence-corrected chi connectivity index (χ1v) is 9.53. The lowest BCUT2D eigenvalue weighted by Gasteiger charge is -2.29. The number of aromatic hydroxyl groups is 1. The van der Waals surface area contributed by atoms with E-state index in [-0.39, 0.29) is 36.2 Å². The van der Waals surface area contributed by atoms with Crippen molar-refractivity contribution in [3.8, 4) is 5.75 Å². The molecule has 0 aliphatic heterocycles. The van der Waals surface area contributed by atoms with Gasteiger partial charge < -0.3 is 14.6 Å². The molecular formula is C22H34O5. The maximum atomic E-state index is 12.6. The number of rotatable bonds is 6. The predicted octanol–water partition coefficient (Wildman–Crippen LogP) is 4.59. The fourth-order valence-corrected chi connectivity index (χ4v) is 2.97. The van der Waals surface area contributed by atoms with Gasteiger partial charge in [-0.25, -0.2) is 0 Å². The van der Waals surface area contributed by atoms with Crippen molar-refractivity contribution in [3.05, 3.63) is 28.8 Å². The third-order valence-electron chi connectivity index (χ3n) is 4.40. The van der Waals surface area contributed by atoms with Crippen molar-refractivity contribution in [3.63, 3.8) is 0 Å². The second-order valence-electron chi connectivity index (χ2n) is 8.78. The first kappa shape index (κ1) is 23.0. The third kappa shape index (κ3) is 5.98. The van der Waals surface area contributed by atoms with Crippen LogP contribution in [0.15, 0.2) is 12.1 Å². The number of carbonyl (C=O) groups excluding carboxylic acids is 2. The molecule has 0 radical (unpaired) electrons. The van der Waals surface area contributed by atoms with Crippen LogP contribution in [0.25, 0.3) is 0 Å². The van der Waals surface area contributed by atoms with Crippen molar-refractivity contribution in [2.45, 2.75) is 78.6 Å². The highest BCUT2D eigenvalue weighted by molar-refractivity contribution is 5.84. The molecule has 27 heavy (non-hydrogen) atoms. The zero-order valence-corrected chi connectivity index (χ0v) is 17.9. The van der Waals surface area contributed by atoms with Crippen LogP contribution in [0.3, 0.4) is 0 Å². The standard InChI is InChI=1S/C22H34O5/c1-9-26-18(23)13-15(20(25)27-10-2)14-11-16(21(3,4)5)19(24)17(12-14)22(6,7)8/h11-12,15,24H,9-10,13H2,1-8H3. The lowest BCUT2D eigenvalue weighted by atomic mass is 9.76. The number of carbonyl (C=O) groups is 2.